The van der Waals surface area contributed by atoms with E-state index in [2.05, 4.69) is 18.7 Å². The maximum atomic E-state index is 11.4. The fourth-order valence-electron chi connectivity index (χ4n) is 3.12. The standard InChI is InChI=1S/C16H21NO3/c1-3-17-8-11(2)6-14(9-17)20-13-4-5-15-12(7-13)10-19-16(15)18/h4-5,7,11,14H,3,6,8-10H2,1-2H3/t11-,14-/m0/s1. The van der Waals surface area contributed by atoms with Crippen LogP contribution < -0.4 is 4.74 Å². The summed E-state index contributed by atoms with van der Waals surface area (Å²) < 4.78 is 11.1. The average molecular weight is 275 g/mol. The number of nitrogens with zero attached hydrogens (tertiary/aromatic N) is 1. The predicted molar refractivity (Wildman–Crippen MR) is 75.9 cm³/mol. The second kappa shape index (κ2) is 5.44. The molecule has 0 amide bonds. The van der Waals surface area contributed by atoms with E-state index in [1.165, 1.54) is 0 Å². The molecule has 1 aromatic rings. The van der Waals surface area contributed by atoms with Crippen LogP contribution in [0.4, 0.5) is 0 Å². The molecule has 0 unspecified atom stereocenters. The van der Waals surface area contributed by atoms with Gasteiger partial charge in [0.1, 0.15) is 18.5 Å². The number of piperidine rings is 1. The number of carbonyl (C=O) groups excluding carboxylic acids is 1. The molecular weight excluding hydrogens is 254 g/mol. The van der Waals surface area contributed by atoms with Gasteiger partial charge in [-0.2, -0.15) is 0 Å². The van der Waals surface area contributed by atoms with E-state index in [-0.39, 0.29) is 12.1 Å². The third-order valence-electron chi connectivity index (χ3n) is 4.10. The number of rotatable bonds is 3. The molecule has 20 heavy (non-hydrogen) atoms. The molecule has 4 heteroatoms. The first-order valence-electron chi connectivity index (χ1n) is 7.34. The Labute approximate surface area is 119 Å². The first-order valence-corrected chi connectivity index (χ1v) is 7.34. The van der Waals surface area contributed by atoms with Crippen molar-refractivity contribution in [2.45, 2.75) is 33.0 Å². The SMILES string of the molecule is CCN1C[C@@H](C)C[C@H](Oc2ccc3c(c2)COC3=O)C1. The molecule has 1 aromatic carbocycles. The molecule has 0 saturated carbocycles. The molecule has 4 nitrogen and oxygen atoms in total. The maximum Gasteiger partial charge on any atom is 0.338 e. The second-order valence-electron chi connectivity index (χ2n) is 5.83. The zero-order chi connectivity index (χ0) is 14.1. The van der Waals surface area contributed by atoms with Gasteiger partial charge in [0.05, 0.1) is 5.56 Å². The quantitative estimate of drug-likeness (QED) is 0.794. The minimum absolute atomic E-state index is 0.227. The molecule has 108 valence electrons. The van der Waals surface area contributed by atoms with Crippen molar-refractivity contribution in [3.8, 4) is 5.75 Å². The van der Waals surface area contributed by atoms with Gasteiger partial charge in [-0.15, -0.1) is 0 Å². The summed E-state index contributed by atoms with van der Waals surface area (Å²) in [6.45, 7) is 8.03. The smallest absolute Gasteiger partial charge is 0.338 e. The third kappa shape index (κ3) is 2.66. The van der Waals surface area contributed by atoms with Crippen molar-refractivity contribution in [3.63, 3.8) is 0 Å². The zero-order valence-corrected chi connectivity index (χ0v) is 12.1. The Balaban J connectivity index is 1.70. The molecule has 0 aromatic heterocycles. The topological polar surface area (TPSA) is 38.8 Å². The maximum absolute atomic E-state index is 11.4. The van der Waals surface area contributed by atoms with Crippen molar-refractivity contribution < 1.29 is 14.3 Å². The zero-order valence-electron chi connectivity index (χ0n) is 12.1. The number of likely N-dealkylation sites (N-methyl/N-ethyl adjacent to an activating group) is 1. The predicted octanol–water partition coefficient (Wildman–Crippen LogP) is 2.47. The van der Waals surface area contributed by atoms with Gasteiger partial charge in [-0.3, -0.25) is 4.90 Å². The van der Waals surface area contributed by atoms with Crippen LogP contribution in [-0.4, -0.2) is 36.6 Å². The molecule has 2 heterocycles. The molecule has 0 N–H and O–H groups in total. The van der Waals surface area contributed by atoms with Crippen LogP contribution in [0, 0.1) is 5.92 Å². The molecule has 0 radical (unpaired) electrons. The van der Waals surface area contributed by atoms with Crippen LogP contribution in [0.15, 0.2) is 18.2 Å². The van der Waals surface area contributed by atoms with Crippen molar-refractivity contribution in [2.75, 3.05) is 19.6 Å². The summed E-state index contributed by atoms with van der Waals surface area (Å²) in [5.41, 5.74) is 1.60. The van der Waals surface area contributed by atoms with Gasteiger partial charge in [0.2, 0.25) is 0 Å². The molecule has 3 rings (SSSR count). The summed E-state index contributed by atoms with van der Waals surface area (Å²) in [6, 6.07) is 5.63. The van der Waals surface area contributed by atoms with Crippen LogP contribution in [0.5, 0.6) is 5.75 Å². The van der Waals surface area contributed by atoms with Crippen LogP contribution in [0.3, 0.4) is 0 Å². The van der Waals surface area contributed by atoms with E-state index in [9.17, 15) is 4.79 Å². The number of hydrogen-bond acceptors (Lipinski definition) is 4. The molecule has 0 spiro atoms. The molecule has 2 aliphatic rings. The van der Waals surface area contributed by atoms with Crippen molar-refractivity contribution in [3.05, 3.63) is 29.3 Å². The van der Waals surface area contributed by atoms with Crippen molar-refractivity contribution in [1.29, 1.82) is 0 Å². The number of cyclic esters (lactones) is 1. The van der Waals surface area contributed by atoms with Crippen molar-refractivity contribution in [1.82, 2.24) is 4.90 Å². The van der Waals surface area contributed by atoms with Crippen LogP contribution >= 0.6 is 0 Å². The fourth-order valence-corrected chi connectivity index (χ4v) is 3.12. The van der Waals surface area contributed by atoms with Gasteiger partial charge in [0, 0.05) is 18.7 Å². The van der Waals surface area contributed by atoms with E-state index in [4.69, 9.17) is 9.47 Å². The molecule has 0 bridgehead atoms. The lowest BCUT2D eigenvalue weighted by atomic mass is 9.98. The Kier molecular flexibility index (Phi) is 3.66. The highest BCUT2D eigenvalue weighted by atomic mass is 16.5. The van der Waals surface area contributed by atoms with Gasteiger partial charge in [0.25, 0.3) is 0 Å². The summed E-state index contributed by atoms with van der Waals surface area (Å²) in [5, 5.41) is 0. The minimum Gasteiger partial charge on any atom is -0.489 e. The summed E-state index contributed by atoms with van der Waals surface area (Å²) in [5.74, 6) is 1.28. The van der Waals surface area contributed by atoms with E-state index < -0.39 is 0 Å². The number of hydrogen-bond donors (Lipinski definition) is 0. The molecule has 2 aliphatic heterocycles. The van der Waals surface area contributed by atoms with Crippen LogP contribution in [0.1, 0.15) is 36.2 Å². The van der Waals surface area contributed by atoms with Gasteiger partial charge in [-0.25, -0.2) is 4.79 Å². The van der Waals surface area contributed by atoms with Crippen molar-refractivity contribution in [2.24, 2.45) is 5.92 Å². The van der Waals surface area contributed by atoms with E-state index >= 15 is 0 Å². The highest BCUT2D eigenvalue weighted by molar-refractivity contribution is 5.93. The van der Waals surface area contributed by atoms with Gasteiger partial charge in [-0.05, 0) is 37.1 Å². The lowest BCUT2D eigenvalue weighted by molar-refractivity contribution is 0.0534. The summed E-state index contributed by atoms with van der Waals surface area (Å²) in [4.78, 5) is 13.9. The third-order valence-corrected chi connectivity index (χ3v) is 4.10. The average Bonchev–Trinajstić information content (AvgIpc) is 2.79. The van der Waals surface area contributed by atoms with Crippen molar-refractivity contribution >= 4 is 5.97 Å². The lowest BCUT2D eigenvalue weighted by Crippen LogP contribution is -2.44. The largest absolute Gasteiger partial charge is 0.489 e. The minimum atomic E-state index is -0.227. The van der Waals surface area contributed by atoms with Gasteiger partial charge >= 0.3 is 5.97 Å². The first-order chi connectivity index (χ1) is 9.65. The highest BCUT2D eigenvalue weighted by Crippen LogP contribution is 2.27. The van der Waals surface area contributed by atoms with Crippen LogP contribution in [-0.2, 0) is 11.3 Å². The first kappa shape index (κ1) is 13.4. The number of esters is 1. The monoisotopic (exact) mass is 275 g/mol. The molecular formula is C16H21NO3. The van der Waals surface area contributed by atoms with E-state index in [0.717, 1.165) is 37.4 Å². The highest BCUT2D eigenvalue weighted by Gasteiger charge is 2.26. The van der Waals surface area contributed by atoms with Crippen LogP contribution in [0.25, 0.3) is 0 Å². The Bertz CT molecular complexity index is 514. The van der Waals surface area contributed by atoms with E-state index in [1.54, 1.807) is 0 Å². The molecule has 1 saturated heterocycles. The number of fused-ring (bicyclic) bond motifs is 1. The lowest BCUT2D eigenvalue weighted by Gasteiger charge is -2.35. The molecule has 2 atom stereocenters. The summed E-state index contributed by atoms with van der Waals surface area (Å²) in [7, 11) is 0. The normalized spacial score (nSPS) is 26.2. The Morgan fingerprint density at radius 3 is 3.05 bits per heavy atom. The summed E-state index contributed by atoms with van der Waals surface area (Å²) in [6.07, 6.45) is 1.32. The van der Waals surface area contributed by atoms with Gasteiger partial charge in [-0.1, -0.05) is 13.8 Å². The molecule has 0 aliphatic carbocycles. The van der Waals surface area contributed by atoms with E-state index in [0.29, 0.717) is 18.1 Å². The fraction of sp³-hybridized carbons (Fsp3) is 0.562. The number of carbonyl (C=O) groups is 1. The Hall–Kier alpha value is -1.55. The van der Waals surface area contributed by atoms with Gasteiger partial charge < -0.3 is 9.47 Å². The Morgan fingerprint density at radius 1 is 1.40 bits per heavy atom. The molecule has 1 fully saturated rings. The van der Waals surface area contributed by atoms with E-state index in [1.807, 2.05) is 18.2 Å². The number of likely N-dealkylation sites (tertiary alicyclic amines) is 1. The second-order valence-corrected chi connectivity index (χ2v) is 5.83. The summed E-state index contributed by atoms with van der Waals surface area (Å²) >= 11 is 0. The van der Waals surface area contributed by atoms with Crippen LogP contribution in [0.2, 0.25) is 0 Å². The van der Waals surface area contributed by atoms with Gasteiger partial charge in [0.15, 0.2) is 0 Å². The number of ether oxygens (including phenoxy) is 2. The Morgan fingerprint density at radius 2 is 2.25 bits per heavy atom. The number of benzene rings is 1.